The maximum absolute atomic E-state index is 11.9. The summed E-state index contributed by atoms with van der Waals surface area (Å²) in [7, 11) is 0. The van der Waals surface area contributed by atoms with Crippen molar-refractivity contribution >= 4 is 11.9 Å². The largest absolute Gasteiger partial charge is 0.481 e. The molecule has 0 aliphatic rings. The van der Waals surface area contributed by atoms with Crippen LogP contribution in [0.1, 0.15) is 26.0 Å². The van der Waals surface area contributed by atoms with E-state index in [9.17, 15) is 9.59 Å². The highest BCUT2D eigenvalue weighted by Gasteiger charge is 2.14. The molecule has 0 fully saturated rings. The van der Waals surface area contributed by atoms with E-state index in [1.807, 2.05) is 13.8 Å². The standard InChI is InChI=1S/C13H17NO4/c1-10(2)8-12(15)14(6-5-13(16)17)9-11-4-3-7-18-11/h3-4,7-8H,5-6,9H2,1-2H3,(H,16,17). The number of hydrogen-bond donors (Lipinski definition) is 1. The fourth-order valence-electron chi connectivity index (χ4n) is 1.43. The van der Waals surface area contributed by atoms with Crippen molar-refractivity contribution in [3.05, 3.63) is 35.8 Å². The first kappa shape index (κ1) is 14.0. The Labute approximate surface area is 106 Å². The van der Waals surface area contributed by atoms with Crippen molar-refractivity contribution in [2.45, 2.75) is 26.8 Å². The van der Waals surface area contributed by atoms with E-state index in [4.69, 9.17) is 9.52 Å². The molecule has 1 aromatic rings. The zero-order chi connectivity index (χ0) is 13.5. The van der Waals surface area contributed by atoms with E-state index in [1.54, 1.807) is 12.1 Å². The van der Waals surface area contributed by atoms with E-state index in [1.165, 1.54) is 17.2 Å². The monoisotopic (exact) mass is 251 g/mol. The normalized spacial score (nSPS) is 9.89. The number of nitrogens with zero attached hydrogens (tertiary/aromatic N) is 1. The summed E-state index contributed by atoms with van der Waals surface area (Å²) in [6, 6.07) is 3.49. The number of carbonyl (C=O) groups is 2. The molecule has 0 bridgehead atoms. The zero-order valence-electron chi connectivity index (χ0n) is 10.5. The SMILES string of the molecule is CC(C)=CC(=O)N(CCC(=O)O)Cc1ccco1. The van der Waals surface area contributed by atoms with Crippen molar-refractivity contribution in [1.29, 1.82) is 0 Å². The Morgan fingerprint density at radius 1 is 1.44 bits per heavy atom. The van der Waals surface area contributed by atoms with Gasteiger partial charge >= 0.3 is 5.97 Å². The molecule has 1 heterocycles. The lowest BCUT2D eigenvalue weighted by molar-refractivity contribution is -0.138. The topological polar surface area (TPSA) is 70.8 Å². The summed E-state index contributed by atoms with van der Waals surface area (Å²) in [5.41, 5.74) is 0.875. The molecule has 5 nitrogen and oxygen atoms in total. The average Bonchev–Trinajstić information content (AvgIpc) is 2.75. The van der Waals surface area contributed by atoms with E-state index in [0.29, 0.717) is 5.76 Å². The number of allylic oxidation sites excluding steroid dienone is 1. The fraction of sp³-hybridized carbons (Fsp3) is 0.385. The molecule has 1 aromatic heterocycles. The molecule has 0 atom stereocenters. The Bertz CT molecular complexity index is 430. The van der Waals surface area contributed by atoms with Gasteiger partial charge in [0.2, 0.25) is 5.91 Å². The van der Waals surface area contributed by atoms with Crippen LogP contribution < -0.4 is 0 Å². The van der Waals surface area contributed by atoms with Gasteiger partial charge in [0.05, 0.1) is 19.2 Å². The van der Waals surface area contributed by atoms with Crippen LogP contribution in [0.4, 0.5) is 0 Å². The minimum Gasteiger partial charge on any atom is -0.481 e. The van der Waals surface area contributed by atoms with Gasteiger partial charge in [-0.25, -0.2) is 0 Å². The summed E-state index contributed by atoms with van der Waals surface area (Å²) >= 11 is 0. The van der Waals surface area contributed by atoms with Crippen LogP contribution in [0.3, 0.4) is 0 Å². The van der Waals surface area contributed by atoms with Crippen molar-refractivity contribution in [3.63, 3.8) is 0 Å². The Balaban J connectivity index is 2.71. The first-order chi connectivity index (χ1) is 8.49. The molecule has 1 N–H and O–H groups in total. The van der Waals surface area contributed by atoms with Crippen LogP contribution in [0.2, 0.25) is 0 Å². The molecule has 0 unspecified atom stereocenters. The van der Waals surface area contributed by atoms with Crippen LogP contribution in [-0.2, 0) is 16.1 Å². The highest BCUT2D eigenvalue weighted by Crippen LogP contribution is 2.08. The summed E-state index contributed by atoms with van der Waals surface area (Å²) in [5, 5.41) is 8.68. The Morgan fingerprint density at radius 3 is 2.67 bits per heavy atom. The average molecular weight is 251 g/mol. The molecular formula is C13H17NO4. The molecule has 0 aliphatic carbocycles. The zero-order valence-corrected chi connectivity index (χ0v) is 10.5. The minimum atomic E-state index is -0.926. The molecule has 0 spiro atoms. The van der Waals surface area contributed by atoms with Gasteiger partial charge in [-0.05, 0) is 26.0 Å². The van der Waals surface area contributed by atoms with E-state index in [-0.39, 0.29) is 25.4 Å². The minimum absolute atomic E-state index is 0.0803. The Morgan fingerprint density at radius 2 is 2.17 bits per heavy atom. The number of carbonyl (C=O) groups excluding carboxylic acids is 1. The highest BCUT2D eigenvalue weighted by atomic mass is 16.4. The maximum atomic E-state index is 11.9. The lowest BCUT2D eigenvalue weighted by Crippen LogP contribution is -2.31. The highest BCUT2D eigenvalue weighted by molar-refractivity contribution is 5.88. The predicted octanol–water partition coefficient (Wildman–Crippen LogP) is 2.05. The Kier molecular flexibility index (Phi) is 5.17. The summed E-state index contributed by atoms with van der Waals surface area (Å²) in [6.45, 7) is 4.09. The van der Waals surface area contributed by atoms with E-state index < -0.39 is 5.97 Å². The quantitative estimate of drug-likeness (QED) is 0.785. The smallest absolute Gasteiger partial charge is 0.305 e. The van der Waals surface area contributed by atoms with Gasteiger partial charge in [0.25, 0.3) is 0 Å². The molecule has 98 valence electrons. The third kappa shape index (κ3) is 4.86. The number of carboxylic acid groups (broad SMARTS) is 1. The van der Waals surface area contributed by atoms with Crippen LogP contribution in [0, 0.1) is 0 Å². The van der Waals surface area contributed by atoms with E-state index in [2.05, 4.69) is 0 Å². The second-order valence-electron chi connectivity index (χ2n) is 4.20. The second-order valence-corrected chi connectivity index (χ2v) is 4.20. The van der Waals surface area contributed by atoms with Crippen molar-refractivity contribution in [2.24, 2.45) is 0 Å². The number of rotatable bonds is 6. The van der Waals surface area contributed by atoms with Crippen LogP contribution >= 0.6 is 0 Å². The molecule has 0 aromatic carbocycles. The first-order valence-electron chi connectivity index (χ1n) is 5.67. The molecule has 5 heteroatoms. The lowest BCUT2D eigenvalue weighted by Gasteiger charge is -2.19. The predicted molar refractivity (Wildman–Crippen MR) is 65.8 cm³/mol. The van der Waals surface area contributed by atoms with Crippen molar-refractivity contribution in [2.75, 3.05) is 6.54 Å². The van der Waals surface area contributed by atoms with Crippen LogP contribution in [0.25, 0.3) is 0 Å². The van der Waals surface area contributed by atoms with Crippen molar-refractivity contribution in [1.82, 2.24) is 4.90 Å². The number of furan rings is 1. The van der Waals surface area contributed by atoms with Gasteiger partial charge in [0.15, 0.2) is 0 Å². The Hall–Kier alpha value is -2.04. The number of aliphatic carboxylic acids is 1. The van der Waals surface area contributed by atoms with Crippen LogP contribution in [0.15, 0.2) is 34.5 Å². The van der Waals surface area contributed by atoms with Gasteiger partial charge in [-0.1, -0.05) is 5.57 Å². The number of amides is 1. The van der Waals surface area contributed by atoms with Crippen LogP contribution in [-0.4, -0.2) is 28.4 Å². The summed E-state index contributed by atoms with van der Waals surface area (Å²) in [4.78, 5) is 23.9. The summed E-state index contributed by atoms with van der Waals surface area (Å²) < 4.78 is 5.16. The van der Waals surface area contributed by atoms with Crippen molar-refractivity contribution < 1.29 is 19.1 Å². The van der Waals surface area contributed by atoms with Gasteiger partial charge < -0.3 is 14.4 Å². The van der Waals surface area contributed by atoms with Gasteiger partial charge in [-0.15, -0.1) is 0 Å². The molecule has 18 heavy (non-hydrogen) atoms. The molecular weight excluding hydrogens is 234 g/mol. The van der Waals surface area contributed by atoms with E-state index >= 15 is 0 Å². The molecule has 0 radical (unpaired) electrons. The van der Waals surface area contributed by atoms with Gasteiger partial charge in [0.1, 0.15) is 5.76 Å². The third-order valence-electron chi connectivity index (χ3n) is 2.25. The molecule has 0 saturated heterocycles. The maximum Gasteiger partial charge on any atom is 0.305 e. The first-order valence-corrected chi connectivity index (χ1v) is 5.67. The third-order valence-corrected chi connectivity index (χ3v) is 2.25. The summed E-state index contributed by atoms with van der Waals surface area (Å²) in [6.07, 6.45) is 2.93. The van der Waals surface area contributed by atoms with Crippen molar-refractivity contribution in [3.8, 4) is 0 Å². The molecule has 0 aliphatic heterocycles. The summed E-state index contributed by atoms with van der Waals surface area (Å²) in [5.74, 6) is -0.493. The molecule has 1 amide bonds. The second kappa shape index (κ2) is 6.64. The van der Waals surface area contributed by atoms with Gasteiger partial charge in [-0.3, -0.25) is 9.59 Å². The molecule has 0 saturated carbocycles. The lowest BCUT2D eigenvalue weighted by atomic mass is 10.2. The van der Waals surface area contributed by atoms with Gasteiger partial charge in [-0.2, -0.15) is 0 Å². The van der Waals surface area contributed by atoms with E-state index in [0.717, 1.165) is 5.57 Å². The fourth-order valence-corrected chi connectivity index (χ4v) is 1.43. The van der Waals surface area contributed by atoms with Crippen LogP contribution in [0.5, 0.6) is 0 Å². The number of hydrogen-bond acceptors (Lipinski definition) is 3. The molecule has 1 rings (SSSR count). The number of carboxylic acids is 1. The van der Waals surface area contributed by atoms with Gasteiger partial charge in [0, 0.05) is 12.6 Å².